The largest absolute Gasteiger partial charge is 0.390 e. The van der Waals surface area contributed by atoms with Gasteiger partial charge in [-0.2, -0.15) is 0 Å². The number of nitrogens with zero attached hydrogens (tertiary/aromatic N) is 4. The molecule has 10 heteroatoms. The van der Waals surface area contributed by atoms with Crippen LogP contribution < -0.4 is 0 Å². The van der Waals surface area contributed by atoms with E-state index in [-0.39, 0.29) is 40.0 Å². The molecular formula is C31H36F2N4O3S. The second-order valence-electron chi connectivity index (χ2n) is 12.8. The molecule has 0 unspecified atom stereocenters. The Hall–Kier alpha value is -2.95. The zero-order valence-corrected chi connectivity index (χ0v) is 24.5. The number of ketones is 2. The zero-order valence-electron chi connectivity index (χ0n) is 23.7. The van der Waals surface area contributed by atoms with Crippen LogP contribution in [0.15, 0.2) is 42.6 Å². The van der Waals surface area contributed by atoms with E-state index in [0.717, 1.165) is 54.8 Å². The number of hydrogen-bond donors (Lipinski definition) is 1. The van der Waals surface area contributed by atoms with Gasteiger partial charge in [-0.25, -0.2) is 8.78 Å². The van der Waals surface area contributed by atoms with Gasteiger partial charge in [-0.05, 0) is 56.9 Å². The second kappa shape index (κ2) is 11.4. The van der Waals surface area contributed by atoms with Crippen LogP contribution in [0.3, 0.4) is 0 Å². The smallest absolute Gasteiger partial charge is 0.194 e. The van der Waals surface area contributed by atoms with Crippen molar-refractivity contribution in [2.24, 2.45) is 5.41 Å². The summed E-state index contributed by atoms with van der Waals surface area (Å²) in [6.45, 7) is 7.10. The van der Waals surface area contributed by atoms with Crippen molar-refractivity contribution in [2.45, 2.75) is 82.8 Å². The highest BCUT2D eigenvalue weighted by Gasteiger charge is 2.49. The molecule has 1 aromatic carbocycles. The van der Waals surface area contributed by atoms with Gasteiger partial charge in [0, 0.05) is 72.7 Å². The minimum atomic E-state index is -0.765. The highest BCUT2D eigenvalue weighted by Crippen LogP contribution is 2.44. The number of rotatable bonds is 10. The molecule has 1 saturated heterocycles. The molecule has 1 N–H and O–H groups in total. The monoisotopic (exact) mass is 582 g/mol. The van der Waals surface area contributed by atoms with Crippen LogP contribution in [0.25, 0.3) is 10.6 Å². The van der Waals surface area contributed by atoms with Crippen LogP contribution in [0, 0.1) is 17.0 Å². The molecule has 3 aromatic rings. The van der Waals surface area contributed by atoms with Gasteiger partial charge in [-0.3, -0.25) is 19.5 Å². The number of aromatic nitrogens is 3. The van der Waals surface area contributed by atoms with Crippen LogP contribution in [-0.4, -0.2) is 61.5 Å². The van der Waals surface area contributed by atoms with E-state index in [9.17, 15) is 23.5 Å². The first-order valence-electron chi connectivity index (χ1n) is 14.1. The maximum atomic E-state index is 14.3. The van der Waals surface area contributed by atoms with E-state index in [2.05, 4.69) is 20.1 Å². The lowest BCUT2D eigenvalue weighted by molar-refractivity contribution is -0.128. The molecule has 3 heterocycles. The van der Waals surface area contributed by atoms with Gasteiger partial charge in [0.05, 0.1) is 5.60 Å². The molecule has 2 aromatic heterocycles. The van der Waals surface area contributed by atoms with E-state index in [0.29, 0.717) is 25.6 Å². The average Bonchev–Trinajstić information content (AvgIpc) is 3.37. The lowest BCUT2D eigenvalue weighted by Gasteiger charge is -2.54. The van der Waals surface area contributed by atoms with Crippen LogP contribution in [0.2, 0.25) is 0 Å². The van der Waals surface area contributed by atoms with Crippen LogP contribution >= 0.6 is 11.3 Å². The van der Waals surface area contributed by atoms with E-state index in [1.807, 2.05) is 39.0 Å². The zero-order chi connectivity index (χ0) is 29.4. The summed E-state index contributed by atoms with van der Waals surface area (Å²) < 4.78 is 27.7. The van der Waals surface area contributed by atoms with E-state index < -0.39 is 28.1 Å². The summed E-state index contributed by atoms with van der Waals surface area (Å²) in [6.07, 6.45) is 5.62. The third-order valence-electron chi connectivity index (χ3n) is 8.56. The van der Waals surface area contributed by atoms with Gasteiger partial charge in [0.1, 0.15) is 17.4 Å². The van der Waals surface area contributed by atoms with E-state index in [1.54, 1.807) is 6.20 Å². The average molecular weight is 583 g/mol. The first kappa shape index (κ1) is 29.5. The van der Waals surface area contributed by atoms with Crippen molar-refractivity contribution in [1.29, 1.82) is 0 Å². The minimum absolute atomic E-state index is 0.0750. The van der Waals surface area contributed by atoms with E-state index >= 15 is 0 Å². The van der Waals surface area contributed by atoms with Gasteiger partial charge < -0.3 is 5.11 Å². The maximum absolute atomic E-state index is 14.3. The Kier molecular flexibility index (Phi) is 8.20. The predicted octanol–water partition coefficient (Wildman–Crippen LogP) is 5.77. The number of Topliss-reactive ketones (excluding diaryl/α,β-unsaturated/α-hetero) is 2. The number of aliphatic hydroxyl groups is 1. The van der Waals surface area contributed by atoms with Crippen LogP contribution in [0.1, 0.15) is 81.2 Å². The number of carbonyl (C=O) groups is 2. The van der Waals surface area contributed by atoms with Crippen molar-refractivity contribution in [3.05, 3.63) is 64.9 Å². The molecule has 1 aliphatic heterocycles. The molecule has 0 spiro atoms. The lowest BCUT2D eigenvalue weighted by Crippen LogP contribution is -2.62. The Morgan fingerprint density at radius 2 is 1.83 bits per heavy atom. The molecular weight excluding hydrogens is 546 g/mol. The molecule has 0 atom stereocenters. The molecule has 2 aliphatic rings. The number of benzene rings is 1. The minimum Gasteiger partial charge on any atom is -0.390 e. The van der Waals surface area contributed by atoms with Crippen LogP contribution in [0.5, 0.6) is 0 Å². The number of hydrogen-bond acceptors (Lipinski definition) is 8. The molecule has 1 saturated carbocycles. The van der Waals surface area contributed by atoms with Crippen molar-refractivity contribution in [2.75, 3.05) is 13.1 Å². The highest BCUT2D eigenvalue weighted by molar-refractivity contribution is 7.16. The van der Waals surface area contributed by atoms with Crippen molar-refractivity contribution in [1.82, 2.24) is 20.1 Å². The maximum Gasteiger partial charge on any atom is 0.194 e. The van der Waals surface area contributed by atoms with E-state index in [4.69, 9.17) is 0 Å². The molecule has 218 valence electrons. The lowest BCUT2D eigenvalue weighted by atomic mass is 9.68. The summed E-state index contributed by atoms with van der Waals surface area (Å²) in [5.74, 6) is -1.62. The van der Waals surface area contributed by atoms with Crippen molar-refractivity contribution < 1.29 is 23.5 Å². The topological polar surface area (TPSA) is 96.3 Å². The number of carbonyl (C=O) groups excluding carboxylic acids is 2. The molecule has 0 amide bonds. The Morgan fingerprint density at radius 3 is 2.49 bits per heavy atom. The van der Waals surface area contributed by atoms with Gasteiger partial charge in [0.25, 0.3) is 0 Å². The highest BCUT2D eigenvalue weighted by atomic mass is 32.1. The molecule has 1 aliphatic carbocycles. The molecule has 0 radical (unpaired) electrons. The fraction of sp³-hybridized carbons (Fsp3) is 0.516. The van der Waals surface area contributed by atoms with Gasteiger partial charge in [-0.1, -0.05) is 31.3 Å². The summed E-state index contributed by atoms with van der Waals surface area (Å²) in [7, 11) is 0. The first-order valence-corrected chi connectivity index (χ1v) is 14.9. The Balaban J connectivity index is 1.31. The molecule has 0 bridgehead atoms. The molecule has 7 nitrogen and oxygen atoms in total. The van der Waals surface area contributed by atoms with Gasteiger partial charge >= 0.3 is 0 Å². The van der Waals surface area contributed by atoms with E-state index in [1.165, 1.54) is 6.07 Å². The Morgan fingerprint density at radius 1 is 1.10 bits per heavy atom. The number of halogens is 2. The normalized spacial score (nSPS) is 22.7. The van der Waals surface area contributed by atoms with Crippen LogP contribution in [-0.2, 0) is 10.2 Å². The quantitative estimate of drug-likeness (QED) is 0.303. The molecule has 41 heavy (non-hydrogen) atoms. The first-order chi connectivity index (χ1) is 19.3. The molecule has 5 rings (SSSR count). The van der Waals surface area contributed by atoms with Crippen molar-refractivity contribution in [3.63, 3.8) is 0 Å². The fourth-order valence-electron chi connectivity index (χ4n) is 6.30. The van der Waals surface area contributed by atoms with Gasteiger partial charge in [0.15, 0.2) is 15.8 Å². The summed E-state index contributed by atoms with van der Waals surface area (Å²) in [5.41, 5.74) is -0.692. The van der Waals surface area contributed by atoms with Gasteiger partial charge in [-0.15, -0.1) is 10.2 Å². The fourth-order valence-corrected chi connectivity index (χ4v) is 7.11. The third kappa shape index (κ3) is 6.76. The molecule has 2 fully saturated rings. The SMILES string of the molecule is CC1(O)CCC(N2CC(CC(=O)CC(C)(C)c3ccccn3)(CC(=O)c3nnc(-c4ccc(F)cc4F)s3)C2)CC1. The standard InChI is InChI=1S/C31H36F2N4O3S/c1-29(2,26-6-4-5-13-34-26)15-22(38)16-31(18-37(19-31)21-9-11-30(3,40)12-10-21)17-25(39)28-36-35-27(41-28)23-8-7-20(32)14-24(23)33/h4-8,13-14,21,40H,9-12,15-19H2,1-3H3. The summed E-state index contributed by atoms with van der Waals surface area (Å²) in [4.78, 5) is 33.7. The number of likely N-dealkylation sites (tertiary alicyclic amines) is 1. The predicted molar refractivity (Wildman–Crippen MR) is 153 cm³/mol. The number of pyridine rings is 1. The van der Waals surface area contributed by atoms with Crippen molar-refractivity contribution in [3.8, 4) is 10.6 Å². The Bertz CT molecular complexity index is 1410. The third-order valence-corrected chi connectivity index (χ3v) is 9.55. The van der Waals surface area contributed by atoms with Gasteiger partial charge in [0.2, 0.25) is 0 Å². The van der Waals surface area contributed by atoms with Crippen LogP contribution in [0.4, 0.5) is 8.78 Å². The summed E-state index contributed by atoms with van der Waals surface area (Å²) in [5, 5.41) is 18.8. The summed E-state index contributed by atoms with van der Waals surface area (Å²) >= 11 is 0.975. The Labute approximate surface area is 243 Å². The van der Waals surface area contributed by atoms with Crippen molar-refractivity contribution >= 4 is 22.9 Å². The second-order valence-corrected chi connectivity index (χ2v) is 13.7. The summed E-state index contributed by atoms with van der Waals surface area (Å²) in [6, 6.07) is 9.20.